The highest BCUT2D eigenvalue weighted by atomic mass is 16.5. The molecule has 12 nitrogen and oxygen atoms in total. The van der Waals surface area contributed by atoms with Gasteiger partial charge in [0.25, 0.3) is 5.91 Å². The van der Waals surface area contributed by atoms with E-state index in [0.717, 1.165) is 28.2 Å². The molecule has 3 aromatic rings. The van der Waals surface area contributed by atoms with E-state index in [4.69, 9.17) is 10.5 Å². The summed E-state index contributed by atoms with van der Waals surface area (Å²) in [6, 6.07) is 13.2. The number of aromatic nitrogens is 2. The van der Waals surface area contributed by atoms with Crippen LogP contribution in [-0.2, 0) is 11.2 Å². The standard InChI is InChI=1S/C25H26N6O6/c1-37-19-11-9-18(10-12-19)31-23(25(34)35)20(22(27-31)24(26)33)13-15-30(28-36)17-7-5-16(6-8-17)29-14-3-2-4-21(29)32/h5-12H,2-4,13-15H2,1H3,(H2,26,33)(H,34,35). The Labute approximate surface area is 212 Å². The zero-order valence-electron chi connectivity index (χ0n) is 20.2. The van der Waals surface area contributed by atoms with Gasteiger partial charge in [0.1, 0.15) is 5.75 Å². The summed E-state index contributed by atoms with van der Waals surface area (Å²) in [6.07, 6.45) is 2.25. The fourth-order valence-corrected chi connectivity index (χ4v) is 4.33. The number of aromatic carboxylic acids is 1. The van der Waals surface area contributed by atoms with Crippen molar-refractivity contribution in [1.29, 1.82) is 0 Å². The average molecular weight is 507 g/mol. The number of nitrogens with zero attached hydrogens (tertiary/aromatic N) is 5. The Bertz CT molecular complexity index is 1320. The van der Waals surface area contributed by atoms with E-state index in [-0.39, 0.29) is 35.8 Å². The SMILES string of the molecule is COc1ccc(-n2nc(C(N)=O)c(CCN(N=O)c3ccc(N4CCCCC4=O)cc3)c2C(=O)O)cc1. The van der Waals surface area contributed by atoms with Crippen LogP contribution in [0.4, 0.5) is 11.4 Å². The Morgan fingerprint density at radius 1 is 1.11 bits per heavy atom. The minimum Gasteiger partial charge on any atom is -0.497 e. The summed E-state index contributed by atoms with van der Waals surface area (Å²) in [6.45, 7) is 0.597. The van der Waals surface area contributed by atoms with Gasteiger partial charge in [-0.15, -0.1) is 4.91 Å². The third-order valence-corrected chi connectivity index (χ3v) is 6.19. The maximum absolute atomic E-state index is 12.2. The molecule has 2 amide bonds. The van der Waals surface area contributed by atoms with Crippen molar-refractivity contribution in [3.8, 4) is 11.4 Å². The molecule has 1 fully saturated rings. The minimum absolute atomic E-state index is 0.0413. The van der Waals surface area contributed by atoms with E-state index in [1.165, 1.54) is 7.11 Å². The zero-order valence-corrected chi connectivity index (χ0v) is 20.2. The number of nitroso groups, excluding NO2 is 1. The number of primary amides is 1. The highest BCUT2D eigenvalue weighted by Gasteiger charge is 2.27. The van der Waals surface area contributed by atoms with Gasteiger partial charge in [0.15, 0.2) is 11.4 Å². The first kappa shape index (κ1) is 25.4. The summed E-state index contributed by atoms with van der Waals surface area (Å²) in [5, 5.41) is 18.3. The van der Waals surface area contributed by atoms with Gasteiger partial charge in [-0.05, 0) is 67.8 Å². The molecule has 3 N–H and O–H groups in total. The lowest BCUT2D eigenvalue weighted by Gasteiger charge is -2.27. The summed E-state index contributed by atoms with van der Waals surface area (Å²) in [4.78, 5) is 49.9. The lowest BCUT2D eigenvalue weighted by Crippen LogP contribution is -2.35. The fraction of sp³-hybridized carbons (Fsp3) is 0.280. The maximum Gasteiger partial charge on any atom is 0.354 e. The smallest absolute Gasteiger partial charge is 0.354 e. The van der Waals surface area contributed by atoms with E-state index >= 15 is 0 Å². The molecule has 1 aromatic heterocycles. The van der Waals surface area contributed by atoms with Crippen molar-refractivity contribution in [2.75, 3.05) is 30.1 Å². The molecule has 2 heterocycles. The van der Waals surface area contributed by atoms with E-state index in [0.29, 0.717) is 30.1 Å². The number of piperidine rings is 1. The number of nitrogens with two attached hydrogens (primary N) is 1. The maximum atomic E-state index is 12.2. The number of anilines is 2. The summed E-state index contributed by atoms with van der Waals surface area (Å²) in [7, 11) is 1.50. The number of carboxylic acids is 1. The zero-order chi connectivity index (χ0) is 26.5. The van der Waals surface area contributed by atoms with Crippen molar-refractivity contribution in [3.05, 3.63) is 70.4 Å². The number of carbonyl (C=O) groups excluding carboxylic acids is 2. The molecule has 0 spiro atoms. The Morgan fingerprint density at radius 2 is 1.78 bits per heavy atom. The highest BCUT2D eigenvalue weighted by molar-refractivity contribution is 5.97. The van der Waals surface area contributed by atoms with Crippen LogP contribution in [0, 0.1) is 4.91 Å². The van der Waals surface area contributed by atoms with Crippen molar-refractivity contribution in [3.63, 3.8) is 0 Å². The van der Waals surface area contributed by atoms with Crippen LogP contribution in [0.15, 0.2) is 53.8 Å². The first-order chi connectivity index (χ1) is 17.8. The molecule has 0 atom stereocenters. The molecule has 0 aliphatic carbocycles. The summed E-state index contributed by atoms with van der Waals surface area (Å²) >= 11 is 0. The van der Waals surface area contributed by atoms with Crippen molar-refractivity contribution in [2.45, 2.75) is 25.7 Å². The Morgan fingerprint density at radius 3 is 2.35 bits per heavy atom. The van der Waals surface area contributed by atoms with Crippen LogP contribution in [0.5, 0.6) is 5.75 Å². The quantitative estimate of drug-likeness (QED) is 0.313. The molecule has 4 rings (SSSR count). The van der Waals surface area contributed by atoms with Gasteiger partial charge < -0.3 is 20.5 Å². The molecule has 12 heteroatoms. The fourth-order valence-electron chi connectivity index (χ4n) is 4.33. The molecular weight excluding hydrogens is 480 g/mol. The first-order valence-electron chi connectivity index (χ1n) is 11.6. The van der Waals surface area contributed by atoms with Gasteiger partial charge in [0, 0.05) is 30.8 Å². The second kappa shape index (κ2) is 10.9. The topological polar surface area (TPSA) is 160 Å². The molecule has 37 heavy (non-hydrogen) atoms. The van der Waals surface area contributed by atoms with Gasteiger partial charge in [-0.2, -0.15) is 5.10 Å². The number of ether oxygens (including phenoxy) is 1. The molecule has 0 saturated carbocycles. The number of benzene rings is 2. The van der Waals surface area contributed by atoms with Gasteiger partial charge in [0.05, 0.1) is 23.8 Å². The molecule has 192 valence electrons. The van der Waals surface area contributed by atoms with Gasteiger partial charge in [-0.1, -0.05) is 0 Å². The normalized spacial score (nSPS) is 13.3. The number of rotatable bonds is 10. The van der Waals surface area contributed by atoms with E-state index in [9.17, 15) is 24.4 Å². The van der Waals surface area contributed by atoms with Crippen LogP contribution >= 0.6 is 0 Å². The summed E-state index contributed by atoms with van der Waals surface area (Å²) in [5.74, 6) is -1.59. The second-order valence-corrected chi connectivity index (χ2v) is 8.43. The van der Waals surface area contributed by atoms with Crippen molar-refractivity contribution in [2.24, 2.45) is 11.0 Å². The molecule has 0 unspecified atom stereocenters. The molecular formula is C25H26N6O6. The molecule has 1 saturated heterocycles. The van der Waals surface area contributed by atoms with Gasteiger partial charge in [-0.3, -0.25) is 9.59 Å². The summed E-state index contributed by atoms with van der Waals surface area (Å²) < 4.78 is 6.26. The summed E-state index contributed by atoms with van der Waals surface area (Å²) in [5.41, 5.74) is 6.70. The third kappa shape index (κ3) is 5.27. The average Bonchev–Trinajstić information content (AvgIpc) is 3.30. The lowest BCUT2D eigenvalue weighted by molar-refractivity contribution is -0.119. The number of carbonyl (C=O) groups is 3. The molecule has 2 aromatic carbocycles. The number of methoxy groups -OCH3 is 1. The predicted molar refractivity (Wildman–Crippen MR) is 135 cm³/mol. The van der Waals surface area contributed by atoms with Gasteiger partial charge in [-0.25, -0.2) is 14.5 Å². The molecule has 0 bridgehead atoms. The monoisotopic (exact) mass is 506 g/mol. The third-order valence-electron chi connectivity index (χ3n) is 6.19. The number of carboxylic acid groups (broad SMARTS) is 1. The Hall–Kier alpha value is -4.74. The van der Waals surface area contributed by atoms with Crippen molar-refractivity contribution < 1.29 is 24.2 Å². The van der Waals surface area contributed by atoms with E-state index in [1.54, 1.807) is 53.4 Å². The van der Waals surface area contributed by atoms with Crippen molar-refractivity contribution >= 4 is 29.2 Å². The largest absolute Gasteiger partial charge is 0.497 e. The van der Waals surface area contributed by atoms with Crippen LogP contribution in [-0.4, -0.2) is 52.9 Å². The number of hydrogen-bond acceptors (Lipinski definition) is 7. The number of hydrogen-bond donors (Lipinski definition) is 2. The molecule has 1 aliphatic heterocycles. The van der Waals surface area contributed by atoms with Crippen LogP contribution in [0.2, 0.25) is 0 Å². The van der Waals surface area contributed by atoms with E-state index in [1.807, 2.05) is 0 Å². The van der Waals surface area contributed by atoms with E-state index < -0.39 is 11.9 Å². The van der Waals surface area contributed by atoms with E-state index in [2.05, 4.69) is 10.4 Å². The predicted octanol–water partition coefficient (Wildman–Crippen LogP) is 2.93. The highest BCUT2D eigenvalue weighted by Crippen LogP contribution is 2.26. The van der Waals surface area contributed by atoms with Crippen LogP contribution in [0.1, 0.15) is 45.8 Å². The van der Waals surface area contributed by atoms with Crippen molar-refractivity contribution in [1.82, 2.24) is 9.78 Å². The first-order valence-corrected chi connectivity index (χ1v) is 11.6. The van der Waals surface area contributed by atoms with Crippen LogP contribution in [0.25, 0.3) is 5.69 Å². The van der Waals surface area contributed by atoms with Crippen LogP contribution in [0.3, 0.4) is 0 Å². The van der Waals surface area contributed by atoms with Crippen LogP contribution < -0.4 is 20.4 Å². The Balaban J connectivity index is 1.60. The number of amides is 2. The lowest BCUT2D eigenvalue weighted by atomic mass is 10.1. The second-order valence-electron chi connectivity index (χ2n) is 8.43. The minimum atomic E-state index is -1.31. The molecule has 1 aliphatic rings. The molecule has 0 radical (unpaired) electrons. The van der Waals surface area contributed by atoms with Gasteiger partial charge in [0.2, 0.25) is 5.91 Å². The Kier molecular flexibility index (Phi) is 7.47. The van der Waals surface area contributed by atoms with Gasteiger partial charge >= 0.3 is 5.97 Å².